The van der Waals surface area contributed by atoms with Gasteiger partial charge in [-0.3, -0.25) is 0 Å². The second-order valence-corrected chi connectivity index (χ2v) is 2.94. The summed E-state index contributed by atoms with van der Waals surface area (Å²) in [6, 6.07) is 0.966. The van der Waals surface area contributed by atoms with Gasteiger partial charge in [0.2, 0.25) is 6.08 Å². The number of benzene rings is 1. The molecular weight excluding hydrogens is 207 g/mol. The summed E-state index contributed by atoms with van der Waals surface area (Å²) in [7, 11) is 0. The van der Waals surface area contributed by atoms with Crippen LogP contribution in [0, 0.1) is 17.5 Å². The Morgan fingerprint density at radius 1 is 1.33 bits per heavy atom. The third kappa shape index (κ3) is 2.44. The van der Waals surface area contributed by atoms with Gasteiger partial charge in [-0.1, -0.05) is 6.92 Å². The van der Waals surface area contributed by atoms with E-state index in [-0.39, 0.29) is 5.56 Å². The van der Waals surface area contributed by atoms with Crippen LogP contribution in [0.15, 0.2) is 17.1 Å². The summed E-state index contributed by atoms with van der Waals surface area (Å²) < 4.78 is 38.2. The van der Waals surface area contributed by atoms with Crippen LogP contribution in [0.25, 0.3) is 0 Å². The van der Waals surface area contributed by atoms with Gasteiger partial charge in [-0.25, -0.2) is 18.0 Å². The number of rotatable bonds is 3. The number of aliphatic imine (C=N–C) groups is 1. The third-order valence-electron chi connectivity index (χ3n) is 1.99. The second-order valence-electron chi connectivity index (χ2n) is 2.94. The lowest BCUT2D eigenvalue weighted by atomic mass is 10.0. The van der Waals surface area contributed by atoms with Gasteiger partial charge in [0.1, 0.15) is 0 Å². The summed E-state index contributed by atoms with van der Waals surface area (Å²) in [5.41, 5.74) is 0.122. The molecule has 0 bridgehead atoms. The van der Waals surface area contributed by atoms with Crippen molar-refractivity contribution < 1.29 is 18.0 Å². The standard InChI is InChI=1S/C10H8F3NO/c1-2-9(14-5-15)6-3-7(11)10(13)8(12)4-6/h3-4,9H,2H2,1H3. The molecule has 0 N–H and O–H groups in total. The molecule has 0 saturated carbocycles. The molecule has 1 rings (SSSR count). The zero-order valence-electron chi connectivity index (χ0n) is 7.93. The minimum Gasteiger partial charge on any atom is -0.211 e. The van der Waals surface area contributed by atoms with Crippen LogP contribution in [0.2, 0.25) is 0 Å². The number of hydrogen-bond donors (Lipinski definition) is 0. The Morgan fingerprint density at radius 3 is 2.27 bits per heavy atom. The van der Waals surface area contributed by atoms with E-state index in [1.165, 1.54) is 6.08 Å². The predicted octanol–water partition coefficient (Wildman–Crippen LogP) is 2.89. The van der Waals surface area contributed by atoms with Crippen LogP contribution in [0.4, 0.5) is 13.2 Å². The Labute approximate surface area is 84.4 Å². The number of halogens is 3. The molecule has 0 fully saturated rings. The monoisotopic (exact) mass is 215 g/mol. The van der Waals surface area contributed by atoms with Crippen molar-refractivity contribution in [3.63, 3.8) is 0 Å². The van der Waals surface area contributed by atoms with Crippen molar-refractivity contribution in [2.75, 3.05) is 0 Å². The van der Waals surface area contributed by atoms with Crippen LogP contribution in [0.1, 0.15) is 24.9 Å². The molecule has 0 spiro atoms. The highest BCUT2D eigenvalue weighted by Crippen LogP contribution is 2.23. The van der Waals surface area contributed by atoms with Gasteiger partial charge in [-0.05, 0) is 24.1 Å². The van der Waals surface area contributed by atoms with Crippen LogP contribution in [-0.2, 0) is 4.79 Å². The van der Waals surface area contributed by atoms with Gasteiger partial charge >= 0.3 is 0 Å². The molecule has 0 aromatic heterocycles. The number of isocyanates is 1. The molecule has 5 heteroatoms. The average Bonchev–Trinajstić information content (AvgIpc) is 2.22. The van der Waals surface area contributed by atoms with Gasteiger partial charge in [0, 0.05) is 0 Å². The lowest BCUT2D eigenvalue weighted by Gasteiger charge is -2.08. The van der Waals surface area contributed by atoms with Crippen LogP contribution >= 0.6 is 0 Å². The smallest absolute Gasteiger partial charge is 0.211 e. The van der Waals surface area contributed by atoms with E-state index in [1.807, 2.05) is 0 Å². The fourth-order valence-electron chi connectivity index (χ4n) is 1.23. The molecule has 1 unspecified atom stereocenters. The second kappa shape index (κ2) is 4.75. The highest BCUT2D eigenvalue weighted by atomic mass is 19.2. The van der Waals surface area contributed by atoms with Gasteiger partial charge in [-0.2, -0.15) is 4.99 Å². The summed E-state index contributed by atoms with van der Waals surface area (Å²) in [6.07, 6.45) is 1.68. The molecular formula is C10H8F3NO. The Morgan fingerprint density at radius 2 is 1.87 bits per heavy atom. The van der Waals surface area contributed by atoms with Crippen molar-refractivity contribution in [3.8, 4) is 0 Å². The van der Waals surface area contributed by atoms with E-state index in [1.54, 1.807) is 6.92 Å². The third-order valence-corrected chi connectivity index (χ3v) is 1.99. The van der Waals surface area contributed by atoms with E-state index >= 15 is 0 Å². The molecule has 15 heavy (non-hydrogen) atoms. The minimum atomic E-state index is -1.52. The van der Waals surface area contributed by atoms with Crippen molar-refractivity contribution in [1.29, 1.82) is 0 Å². The molecule has 0 amide bonds. The molecule has 80 valence electrons. The lowest BCUT2D eigenvalue weighted by Crippen LogP contribution is -1.99. The summed E-state index contributed by atoms with van der Waals surface area (Å²) in [4.78, 5) is 13.4. The van der Waals surface area contributed by atoms with E-state index in [9.17, 15) is 18.0 Å². The summed E-state index contributed by atoms with van der Waals surface area (Å²) in [5, 5.41) is 0. The summed E-state index contributed by atoms with van der Waals surface area (Å²) in [5.74, 6) is -4.10. The maximum Gasteiger partial charge on any atom is 0.235 e. The van der Waals surface area contributed by atoms with Crippen molar-refractivity contribution in [2.24, 2.45) is 4.99 Å². The Bertz CT molecular complexity index is 390. The Hall–Kier alpha value is -1.61. The Kier molecular flexibility index (Phi) is 3.63. The normalized spacial score (nSPS) is 12.0. The zero-order valence-corrected chi connectivity index (χ0v) is 7.93. The van der Waals surface area contributed by atoms with Crippen molar-refractivity contribution >= 4 is 6.08 Å². The maximum absolute atomic E-state index is 12.8. The lowest BCUT2D eigenvalue weighted by molar-refractivity contribution is 0.443. The molecule has 0 heterocycles. The molecule has 2 nitrogen and oxygen atoms in total. The van der Waals surface area contributed by atoms with Crippen LogP contribution in [0.5, 0.6) is 0 Å². The first-order valence-corrected chi connectivity index (χ1v) is 4.31. The molecule has 0 aliphatic carbocycles. The van der Waals surface area contributed by atoms with Crippen molar-refractivity contribution in [2.45, 2.75) is 19.4 Å². The van der Waals surface area contributed by atoms with Crippen LogP contribution < -0.4 is 0 Å². The molecule has 1 atom stereocenters. The highest BCUT2D eigenvalue weighted by molar-refractivity contribution is 5.35. The first kappa shape index (κ1) is 11.5. The fourth-order valence-corrected chi connectivity index (χ4v) is 1.23. The fraction of sp³-hybridized carbons (Fsp3) is 0.300. The topological polar surface area (TPSA) is 29.4 Å². The largest absolute Gasteiger partial charge is 0.235 e. The van der Waals surface area contributed by atoms with Gasteiger partial charge < -0.3 is 0 Å². The van der Waals surface area contributed by atoms with Gasteiger partial charge in [0.15, 0.2) is 17.5 Å². The van der Waals surface area contributed by atoms with Gasteiger partial charge in [-0.15, -0.1) is 0 Å². The molecule has 1 aromatic rings. The number of hydrogen-bond acceptors (Lipinski definition) is 2. The molecule has 1 aromatic carbocycles. The first-order chi connectivity index (χ1) is 7.10. The SMILES string of the molecule is CCC(N=C=O)c1cc(F)c(F)c(F)c1. The van der Waals surface area contributed by atoms with Crippen molar-refractivity contribution in [3.05, 3.63) is 35.1 Å². The number of carbonyl (C=O) groups excluding carboxylic acids is 1. The zero-order chi connectivity index (χ0) is 11.4. The van der Waals surface area contributed by atoms with E-state index in [0.29, 0.717) is 6.42 Å². The van der Waals surface area contributed by atoms with Crippen LogP contribution in [0.3, 0.4) is 0 Å². The maximum atomic E-state index is 12.8. The highest BCUT2D eigenvalue weighted by Gasteiger charge is 2.15. The van der Waals surface area contributed by atoms with E-state index in [0.717, 1.165) is 12.1 Å². The van der Waals surface area contributed by atoms with Gasteiger partial charge in [0.25, 0.3) is 0 Å². The molecule has 0 aliphatic heterocycles. The van der Waals surface area contributed by atoms with Crippen molar-refractivity contribution in [1.82, 2.24) is 0 Å². The van der Waals surface area contributed by atoms with Crippen LogP contribution in [-0.4, -0.2) is 6.08 Å². The number of nitrogens with zero attached hydrogens (tertiary/aromatic N) is 1. The average molecular weight is 215 g/mol. The quantitative estimate of drug-likeness (QED) is 0.433. The van der Waals surface area contributed by atoms with E-state index in [2.05, 4.69) is 4.99 Å². The Balaban J connectivity index is 3.19. The molecule has 0 aliphatic rings. The summed E-state index contributed by atoms with van der Waals surface area (Å²) in [6.45, 7) is 1.69. The predicted molar refractivity (Wildman–Crippen MR) is 47.5 cm³/mol. The molecule has 0 saturated heterocycles. The molecule has 0 radical (unpaired) electrons. The van der Waals surface area contributed by atoms with E-state index in [4.69, 9.17) is 0 Å². The first-order valence-electron chi connectivity index (χ1n) is 4.31. The van der Waals surface area contributed by atoms with E-state index < -0.39 is 23.5 Å². The van der Waals surface area contributed by atoms with Gasteiger partial charge in [0.05, 0.1) is 6.04 Å². The summed E-state index contributed by atoms with van der Waals surface area (Å²) >= 11 is 0. The minimum absolute atomic E-state index is 0.122.